The summed E-state index contributed by atoms with van der Waals surface area (Å²) >= 11 is 0. The minimum atomic E-state index is -0.945. The maximum Gasteiger partial charge on any atom is 0.243 e. The van der Waals surface area contributed by atoms with E-state index in [9.17, 15) is 9.90 Å². The van der Waals surface area contributed by atoms with E-state index in [2.05, 4.69) is 5.32 Å². The number of nitrogens with two attached hydrogens (primary N) is 1. The fraction of sp³-hybridized carbons (Fsp3) is 0.214. The molecule has 0 saturated heterocycles. The number of phenols is 1. The van der Waals surface area contributed by atoms with Crippen LogP contribution in [0.4, 0.5) is 5.69 Å². The van der Waals surface area contributed by atoms with Crippen molar-refractivity contribution in [2.45, 2.75) is 19.4 Å². The monoisotopic (exact) mass is 244 g/mol. The lowest BCUT2D eigenvalue weighted by atomic mass is 10.0. The highest BCUT2D eigenvalue weighted by atomic mass is 16.3. The molecule has 4 nitrogen and oxygen atoms in total. The molecule has 4 heteroatoms. The summed E-state index contributed by atoms with van der Waals surface area (Å²) in [5, 5.41) is 14.0. The van der Waals surface area contributed by atoms with Crippen LogP contribution in [0.3, 0.4) is 0 Å². The van der Waals surface area contributed by atoms with Crippen LogP contribution in [0, 0.1) is 0 Å². The quantitative estimate of drug-likeness (QED) is 0.758. The van der Waals surface area contributed by atoms with Crippen molar-refractivity contribution in [1.29, 1.82) is 0 Å². The van der Waals surface area contributed by atoms with Gasteiger partial charge in [0.1, 0.15) is 5.75 Å². The first-order chi connectivity index (χ1) is 8.39. The molecule has 18 heavy (non-hydrogen) atoms. The molecular weight excluding hydrogens is 228 g/mol. The van der Waals surface area contributed by atoms with Crippen molar-refractivity contribution < 1.29 is 9.90 Å². The van der Waals surface area contributed by atoms with Gasteiger partial charge in [0.15, 0.2) is 0 Å². The molecule has 1 amide bonds. The lowest BCUT2D eigenvalue weighted by Gasteiger charge is -2.18. The minimum Gasteiger partial charge on any atom is -0.507 e. The number of carbonyl (C=O) groups excluding carboxylic acids is 1. The van der Waals surface area contributed by atoms with Crippen molar-refractivity contribution in [2.75, 3.05) is 5.32 Å². The Bertz CT molecular complexity index is 600. The van der Waals surface area contributed by atoms with Crippen LogP contribution < -0.4 is 11.1 Å². The first kappa shape index (κ1) is 12.4. The lowest BCUT2D eigenvalue weighted by Crippen LogP contribution is -2.45. The second-order valence-corrected chi connectivity index (χ2v) is 4.85. The summed E-state index contributed by atoms with van der Waals surface area (Å²) in [6.07, 6.45) is 0. The summed E-state index contributed by atoms with van der Waals surface area (Å²) in [6.45, 7) is 3.29. The van der Waals surface area contributed by atoms with Crippen LogP contribution in [0.25, 0.3) is 10.8 Å². The molecule has 0 unspecified atom stereocenters. The summed E-state index contributed by atoms with van der Waals surface area (Å²) in [5.74, 6) is -0.0750. The summed E-state index contributed by atoms with van der Waals surface area (Å²) in [5.41, 5.74) is 5.44. The predicted octanol–water partition coefficient (Wildman–Crippen LogP) is 2.22. The number of benzene rings is 2. The predicted molar refractivity (Wildman–Crippen MR) is 72.5 cm³/mol. The van der Waals surface area contributed by atoms with Gasteiger partial charge in [0.2, 0.25) is 5.91 Å². The SMILES string of the molecule is CC(C)(N)C(=O)Nc1cccc2c(O)cccc12. The van der Waals surface area contributed by atoms with Crippen LogP contribution in [0.5, 0.6) is 5.75 Å². The lowest BCUT2D eigenvalue weighted by molar-refractivity contribution is -0.120. The zero-order chi connectivity index (χ0) is 13.3. The van der Waals surface area contributed by atoms with E-state index < -0.39 is 5.54 Å². The Balaban J connectivity index is 2.47. The number of amides is 1. The number of phenolic OH excluding ortho intramolecular Hbond substituents is 1. The third-order valence-corrected chi connectivity index (χ3v) is 2.73. The maximum absolute atomic E-state index is 11.9. The average Bonchev–Trinajstić information content (AvgIpc) is 2.29. The number of anilines is 1. The van der Waals surface area contributed by atoms with Crippen molar-refractivity contribution in [3.8, 4) is 5.75 Å². The molecule has 0 aliphatic heterocycles. The van der Waals surface area contributed by atoms with Crippen LogP contribution in [0.2, 0.25) is 0 Å². The Labute approximate surface area is 105 Å². The summed E-state index contributed by atoms with van der Waals surface area (Å²) in [6, 6.07) is 10.6. The number of aromatic hydroxyl groups is 1. The van der Waals surface area contributed by atoms with Gasteiger partial charge in [-0.25, -0.2) is 0 Å². The molecule has 0 aromatic heterocycles. The molecule has 0 aliphatic carbocycles. The summed E-state index contributed by atoms with van der Waals surface area (Å²) in [4.78, 5) is 11.9. The van der Waals surface area contributed by atoms with E-state index in [1.807, 2.05) is 6.07 Å². The van der Waals surface area contributed by atoms with Crippen LogP contribution in [-0.4, -0.2) is 16.6 Å². The molecule has 2 rings (SSSR count). The van der Waals surface area contributed by atoms with E-state index in [4.69, 9.17) is 5.73 Å². The number of hydrogen-bond acceptors (Lipinski definition) is 3. The Kier molecular flexibility index (Phi) is 2.97. The van der Waals surface area contributed by atoms with Gasteiger partial charge in [-0.3, -0.25) is 4.79 Å². The van der Waals surface area contributed by atoms with E-state index in [0.717, 1.165) is 5.39 Å². The first-order valence-electron chi connectivity index (χ1n) is 5.70. The van der Waals surface area contributed by atoms with Gasteiger partial charge >= 0.3 is 0 Å². The maximum atomic E-state index is 11.9. The zero-order valence-electron chi connectivity index (χ0n) is 10.4. The van der Waals surface area contributed by atoms with Gasteiger partial charge in [-0.2, -0.15) is 0 Å². The van der Waals surface area contributed by atoms with Gasteiger partial charge in [0.25, 0.3) is 0 Å². The van der Waals surface area contributed by atoms with Gasteiger partial charge in [-0.1, -0.05) is 24.3 Å². The van der Waals surface area contributed by atoms with Gasteiger partial charge in [-0.05, 0) is 26.0 Å². The standard InChI is InChI=1S/C14H16N2O2/c1-14(2,15)13(18)16-11-7-3-6-10-9(11)5-4-8-12(10)17/h3-8,17H,15H2,1-2H3,(H,16,18). The van der Waals surface area contributed by atoms with E-state index in [0.29, 0.717) is 11.1 Å². The van der Waals surface area contributed by atoms with Gasteiger partial charge in [0, 0.05) is 16.5 Å². The Morgan fingerprint density at radius 1 is 1.17 bits per heavy atom. The number of nitrogens with one attached hydrogen (secondary N) is 1. The number of fused-ring (bicyclic) bond motifs is 1. The molecule has 2 aromatic rings. The second-order valence-electron chi connectivity index (χ2n) is 4.85. The normalized spacial score (nSPS) is 11.5. The molecule has 0 atom stereocenters. The highest BCUT2D eigenvalue weighted by Crippen LogP contribution is 2.29. The number of carbonyl (C=O) groups is 1. The highest BCUT2D eigenvalue weighted by molar-refractivity contribution is 6.06. The van der Waals surface area contributed by atoms with Crippen molar-refractivity contribution in [3.63, 3.8) is 0 Å². The summed E-state index contributed by atoms with van der Waals surface area (Å²) < 4.78 is 0. The Hall–Kier alpha value is -2.07. The molecular formula is C14H16N2O2. The second kappa shape index (κ2) is 4.31. The molecule has 0 heterocycles. The average molecular weight is 244 g/mol. The molecule has 0 radical (unpaired) electrons. The van der Waals surface area contributed by atoms with Crippen molar-refractivity contribution in [3.05, 3.63) is 36.4 Å². The molecule has 0 fully saturated rings. The fourth-order valence-corrected chi connectivity index (χ4v) is 1.69. The third-order valence-electron chi connectivity index (χ3n) is 2.73. The molecule has 0 saturated carbocycles. The molecule has 0 spiro atoms. The van der Waals surface area contributed by atoms with Crippen LogP contribution in [0.15, 0.2) is 36.4 Å². The topological polar surface area (TPSA) is 75.4 Å². The highest BCUT2D eigenvalue weighted by Gasteiger charge is 2.22. The zero-order valence-corrected chi connectivity index (χ0v) is 10.4. The van der Waals surface area contributed by atoms with Crippen LogP contribution >= 0.6 is 0 Å². The number of hydrogen-bond donors (Lipinski definition) is 3. The van der Waals surface area contributed by atoms with Gasteiger partial charge in [0.05, 0.1) is 5.54 Å². The van der Waals surface area contributed by atoms with E-state index in [1.54, 1.807) is 44.2 Å². The van der Waals surface area contributed by atoms with Gasteiger partial charge < -0.3 is 16.2 Å². The van der Waals surface area contributed by atoms with Crippen molar-refractivity contribution >= 4 is 22.4 Å². The van der Waals surface area contributed by atoms with Crippen LogP contribution in [0.1, 0.15) is 13.8 Å². The van der Waals surface area contributed by atoms with E-state index in [-0.39, 0.29) is 11.7 Å². The third kappa shape index (κ3) is 2.28. The van der Waals surface area contributed by atoms with E-state index >= 15 is 0 Å². The van der Waals surface area contributed by atoms with Crippen molar-refractivity contribution in [1.82, 2.24) is 0 Å². The Morgan fingerprint density at radius 2 is 1.78 bits per heavy atom. The van der Waals surface area contributed by atoms with Crippen LogP contribution in [-0.2, 0) is 4.79 Å². The smallest absolute Gasteiger partial charge is 0.243 e. The summed E-state index contributed by atoms with van der Waals surface area (Å²) in [7, 11) is 0. The molecule has 0 aliphatic rings. The first-order valence-corrected chi connectivity index (χ1v) is 5.70. The largest absolute Gasteiger partial charge is 0.507 e. The molecule has 94 valence electrons. The van der Waals surface area contributed by atoms with E-state index in [1.165, 1.54) is 0 Å². The molecule has 0 bridgehead atoms. The Morgan fingerprint density at radius 3 is 2.44 bits per heavy atom. The number of rotatable bonds is 2. The minimum absolute atomic E-state index is 0.190. The van der Waals surface area contributed by atoms with Crippen molar-refractivity contribution in [2.24, 2.45) is 5.73 Å². The fourth-order valence-electron chi connectivity index (χ4n) is 1.69. The molecule has 2 aromatic carbocycles. The molecule has 4 N–H and O–H groups in total. The van der Waals surface area contributed by atoms with Gasteiger partial charge in [-0.15, -0.1) is 0 Å².